The Kier molecular flexibility index (Phi) is 4.26. The van der Waals surface area contributed by atoms with Crippen LogP contribution in [-0.4, -0.2) is 5.78 Å². The summed E-state index contributed by atoms with van der Waals surface area (Å²) >= 11 is 0. The molecule has 22 heavy (non-hydrogen) atoms. The van der Waals surface area contributed by atoms with Crippen molar-refractivity contribution in [3.63, 3.8) is 0 Å². The van der Waals surface area contributed by atoms with Gasteiger partial charge >= 0.3 is 0 Å². The van der Waals surface area contributed by atoms with Gasteiger partial charge in [-0.15, -0.1) is 0 Å². The van der Waals surface area contributed by atoms with E-state index in [1.54, 1.807) is 6.08 Å². The van der Waals surface area contributed by atoms with Crippen LogP contribution in [0.4, 0.5) is 0 Å². The molecule has 0 aromatic heterocycles. The van der Waals surface area contributed by atoms with Crippen LogP contribution in [0.5, 0.6) is 0 Å². The Morgan fingerprint density at radius 1 is 0.636 bits per heavy atom. The first-order valence-corrected chi connectivity index (χ1v) is 7.26. The van der Waals surface area contributed by atoms with Crippen LogP contribution in [0.15, 0.2) is 91.0 Å². The largest absolute Gasteiger partial charge is 0.289 e. The fourth-order valence-corrected chi connectivity index (χ4v) is 2.29. The molecule has 0 radical (unpaired) electrons. The van der Waals surface area contributed by atoms with E-state index in [1.165, 1.54) is 11.1 Å². The molecule has 1 nitrogen and oxygen atoms in total. The molecule has 0 spiro atoms. The quantitative estimate of drug-likeness (QED) is 0.472. The summed E-state index contributed by atoms with van der Waals surface area (Å²) in [4.78, 5) is 12.0. The Morgan fingerprint density at radius 2 is 1.18 bits per heavy atom. The van der Waals surface area contributed by atoms with Crippen molar-refractivity contribution in [1.29, 1.82) is 0 Å². The molecule has 0 N–H and O–H groups in total. The predicted octanol–water partition coefficient (Wildman–Crippen LogP) is 5.25. The molecule has 0 aliphatic rings. The molecule has 0 heterocycles. The van der Waals surface area contributed by atoms with Gasteiger partial charge in [0.1, 0.15) is 0 Å². The summed E-state index contributed by atoms with van der Waals surface area (Å²) in [6.07, 6.45) is 3.47. The predicted molar refractivity (Wildman–Crippen MR) is 91.7 cm³/mol. The molecule has 0 aliphatic carbocycles. The average molecular weight is 284 g/mol. The fraction of sp³-hybridized carbons (Fsp3) is 0. The van der Waals surface area contributed by atoms with Gasteiger partial charge in [-0.25, -0.2) is 0 Å². The highest BCUT2D eigenvalue weighted by Gasteiger charge is 2.00. The molecule has 0 fully saturated rings. The highest BCUT2D eigenvalue weighted by Crippen LogP contribution is 2.19. The van der Waals surface area contributed by atoms with Crippen LogP contribution in [0.25, 0.3) is 17.2 Å². The third-order valence-electron chi connectivity index (χ3n) is 3.50. The first-order chi connectivity index (χ1) is 10.8. The fourth-order valence-electron chi connectivity index (χ4n) is 2.29. The zero-order valence-electron chi connectivity index (χ0n) is 12.1. The second-order valence-electron chi connectivity index (χ2n) is 5.05. The van der Waals surface area contributed by atoms with Gasteiger partial charge in [-0.3, -0.25) is 4.79 Å². The lowest BCUT2D eigenvalue weighted by Gasteiger charge is -2.01. The molecule has 0 amide bonds. The number of benzene rings is 3. The van der Waals surface area contributed by atoms with Crippen molar-refractivity contribution < 1.29 is 4.79 Å². The standard InChI is InChI=1S/C21H16O/c22-21(20-9-5-2-6-10-20)16-13-17-11-14-19(15-12-17)18-7-3-1-4-8-18/h1-16H/b16-13+. The van der Waals surface area contributed by atoms with Crippen molar-refractivity contribution in [2.45, 2.75) is 0 Å². The van der Waals surface area contributed by atoms with Gasteiger partial charge in [0.05, 0.1) is 0 Å². The molecule has 0 aliphatic heterocycles. The maximum Gasteiger partial charge on any atom is 0.185 e. The Morgan fingerprint density at radius 3 is 1.82 bits per heavy atom. The van der Waals surface area contributed by atoms with E-state index >= 15 is 0 Å². The molecule has 0 saturated heterocycles. The van der Waals surface area contributed by atoms with Crippen molar-refractivity contribution in [1.82, 2.24) is 0 Å². The Hall–Kier alpha value is -2.93. The lowest BCUT2D eigenvalue weighted by molar-refractivity contribution is 0.104. The number of ketones is 1. The number of hydrogen-bond donors (Lipinski definition) is 0. The lowest BCUT2D eigenvalue weighted by Crippen LogP contribution is -1.92. The van der Waals surface area contributed by atoms with Crippen LogP contribution in [0.2, 0.25) is 0 Å². The average Bonchev–Trinajstić information content (AvgIpc) is 2.61. The van der Waals surface area contributed by atoms with Gasteiger partial charge in [-0.05, 0) is 22.8 Å². The van der Waals surface area contributed by atoms with E-state index in [0.717, 1.165) is 5.56 Å². The van der Waals surface area contributed by atoms with Gasteiger partial charge in [0.25, 0.3) is 0 Å². The van der Waals surface area contributed by atoms with Crippen LogP contribution in [0.1, 0.15) is 15.9 Å². The summed E-state index contributed by atoms with van der Waals surface area (Å²) in [5.41, 5.74) is 4.09. The van der Waals surface area contributed by atoms with Gasteiger partial charge in [0.15, 0.2) is 5.78 Å². The summed E-state index contributed by atoms with van der Waals surface area (Å²) in [7, 11) is 0. The summed E-state index contributed by atoms with van der Waals surface area (Å²) in [6.45, 7) is 0. The Bertz CT molecular complexity index is 769. The van der Waals surface area contributed by atoms with Crippen LogP contribution in [0.3, 0.4) is 0 Å². The zero-order chi connectivity index (χ0) is 15.2. The van der Waals surface area contributed by atoms with E-state index in [9.17, 15) is 4.79 Å². The molecule has 1 heteroatoms. The maximum absolute atomic E-state index is 12.0. The molecule has 3 aromatic carbocycles. The van der Waals surface area contributed by atoms with Crippen molar-refractivity contribution in [3.8, 4) is 11.1 Å². The lowest BCUT2D eigenvalue weighted by atomic mass is 10.0. The van der Waals surface area contributed by atoms with E-state index in [1.807, 2.05) is 66.7 Å². The molecule has 0 unspecified atom stereocenters. The Balaban J connectivity index is 1.74. The number of hydrogen-bond acceptors (Lipinski definition) is 1. The van der Waals surface area contributed by atoms with Crippen LogP contribution in [0, 0.1) is 0 Å². The third kappa shape index (κ3) is 3.39. The van der Waals surface area contributed by atoms with Crippen LogP contribution >= 0.6 is 0 Å². The monoisotopic (exact) mass is 284 g/mol. The van der Waals surface area contributed by atoms with E-state index in [4.69, 9.17) is 0 Å². The normalized spacial score (nSPS) is 10.7. The van der Waals surface area contributed by atoms with Gasteiger partial charge < -0.3 is 0 Å². The smallest absolute Gasteiger partial charge is 0.185 e. The van der Waals surface area contributed by atoms with Crippen molar-refractivity contribution >= 4 is 11.9 Å². The second-order valence-corrected chi connectivity index (χ2v) is 5.05. The molecule has 106 valence electrons. The molecular weight excluding hydrogens is 268 g/mol. The highest BCUT2D eigenvalue weighted by atomic mass is 16.1. The van der Waals surface area contributed by atoms with E-state index in [-0.39, 0.29) is 5.78 Å². The Labute approximate surface area is 130 Å². The summed E-state index contributed by atoms with van der Waals surface area (Å²) in [5, 5.41) is 0. The summed E-state index contributed by atoms with van der Waals surface area (Å²) in [6, 6.07) is 27.7. The molecule has 3 rings (SSSR count). The number of carbonyl (C=O) groups excluding carboxylic acids is 1. The van der Waals surface area contributed by atoms with Gasteiger partial charge in [0, 0.05) is 5.56 Å². The molecule has 0 bridgehead atoms. The summed E-state index contributed by atoms with van der Waals surface area (Å²) in [5.74, 6) is 0.0211. The van der Waals surface area contributed by atoms with Crippen LogP contribution in [-0.2, 0) is 0 Å². The van der Waals surface area contributed by atoms with Crippen LogP contribution < -0.4 is 0 Å². The number of rotatable bonds is 4. The first-order valence-electron chi connectivity index (χ1n) is 7.26. The highest BCUT2D eigenvalue weighted by molar-refractivity contribution is 6.06. The topological polar surface area (TPSA) is 17.1 Å². The number of carbonyl (C=O) groups is 1. The summed E-state index contributed by atoms with van der Waals surface area (Å²) < 4.78 is 0. The minimum Gasteiger partial charge on any atom is -0.289 e. The molecule has 0 atom stereocenters. The van der Waals surface area contributed by atoms with E-state index < -0.39 is 0 Å². The molecule has 3 aromatic rings. The molecule has 0 saturated carbocycles. The van der Waals surface area contributed by atoms with Gasteiger partial charge in [-0.2, -0.15) is 0 Å². The molecular formula is C21H16O. The first kappa shape index (κ1) is 14.0. The third-order valence-corrected chi connectivity index (χ3v) is 3.50. The van der Waals surface area contributed by atoms with E-state index in [0.29, 0.717) is 5.56 Å². The van der Waals surface area contributed by atoms with E-state index in [2.05, 4.69) is 24.3 Å². The van der Waals surface area contributed by atoms with Gasteiger partial charge in [-0.1, -0.05) is 91.0 Å². The van der Waals surface area contributed by atoms with Crippen molar-refractivity contribution in [2.24, 2.45) is 0 Å². The minimum atomic E-state index is 0.0211. The zero-order valence-corrected chi connectivity index (χ0v) is 12.1. The van der Waals surface area contributed by atoms with Gasteiger partial charge in [0.2, 0.25) is 0 Å². The maximum atomic E-state index is 12.0. The SMILES string of the molecule is O=C(/C=C/c1ccc(-c2ccccc2)cc1)c1ccccc1. The van der Waals surface area contributed by atoms with Crippen molar-refractivity contribution in [3.05, 3.63) is 102 Å². The number of allylic oxidation sites excluding steroid dienone is 1. The minimum absolute atomic E-state index is 0.0211. The van der Waals surface area contributed by atoms with Crippen molar-refractivity contribution in [2.75, 3.05) is 0 Å². The second kappa shape index (κ2) is 6.68.